The molecule has 1 aromatic heterocycles. The number of aromatic nitrogens is 1. The molecule has 0 aliphatic carbocycles. The Hall–Kier alpha value is -1.46. The van der Waals surface area contributed by atoms with Gasteiger partial charge in [0.15, 0.2) is 6.10 Å². The summed E-state index contributed by atoms with van der Waals surface area (Å²) in [6.45, 7) is 4.75. The van der Waals surface area contributed by atoms with Crippen molar-refractivity contribution in [3.8, 4) is 0 Å². The summed E-state index contributed by atoms with van der Waals surface area (Å²) in [6.07, 6.45) is 3.22. The van der Waals surface area contributed by atoms with Crippen LogP contribution in [0, 0.1) is 6.92 Å². The molecule has 2 rings (SSSR count). The monoisotopic (exact) mass is 250 g/mol. The summed E-state index contributed by atoms with van der Waals surface area (Å²) in [6, 6.07) is 2.11. The zero-order valence-electron chi connectivity index (χ0n) is 10.8. The van der Waals surface area contributed by atoms with Gasteiger partial charge in [-0.25, -0.2) is 4.79 Å². The highest BCUT2D eigenvalue weighted by atomic mass is 16.6. The first kappa shape index (κ1) is 13.0. The predicted molar refractivity (Wildman–Crippen MR) is 66.0 cm³/mol. The summed E-state index contributed by atoms with van der Waals surface area (Å²) in [5.74, 6) is -0.304. The van der Waals surface area contributed by atoms with Crippen LogP contribution in [-0.2, 0) is 20.8 Å². The van der Waals surface area contributed by atoms with E-state index in [1.54, 1.807) is 0 Å². The first-order valence-corrected chi connectivity index (χ1v) is 6.01. The molecule has 0 N–H and O–H groups in total. The van der Waals surface area contributed by atoms with Crippen molar-refractivity contribution in [2.45, 2.75) is 19.6 Å². The molecule has 5 nitrogen and oxygen atoms in total. The van der Waals surface area contributed by atoms with Crippen molar-refractivity contribution in [1.29, 1.82) is 0 Å². The van der Waals surface area contributed by atoms with Gasteiger partial charge in [0.05, 0.1) is 13.7 Å². The van der Waals surface area contributed by atoms with Crippen LogP contribution in [0.25, 0.3) is 0 Å². The second kappa shape index (κ2) is 5.93. The Morgan fingerprint density at radius 1 is 1.61 bits per heavy atom. The maximum absolute atomic E-state index is 11.4. The van der Waals surface area contributed by atoms with Crippen LogP contribution in [0.2, 0.25) is 0 Å². The Kier molecular flexibility index (Phi) is 4.28. The summed E-state index contributed by atoms with van der Waals surface area (Å²) >= 11 is 0. The number of methoxy groups -OCH3 is 1. The Morgan fingerprint density at radius 2 is 2.44 bits per heavy atom. The van der Waals surface area contributed by atoms with Gasteiger partial charge in [-0.1, -0.05) is 6.07 Å². The molecule has 1 atom stereocenters. The number of rotatable bonds is 3. The van der Waals surface area contributed by atoms with Crippen molar-refractivity contribution in [2.24, 2.45) is 0 Å². The highest BCUT2D eigenvalue weighted by molar-refractivity contribution is 5.74. The molecule has 98 valence electrons. The van der Waals surface area contributed by atoms with E-state index in [2.05, 4.69) is 16.0 Å². The van der Waals surface area contributed by atoms with E-state index >= 15 is 0 Å². The zero-order valence-corrected chi connectivity index (χ0v) is 10.8. The average Bonchev–Trinajstić information content (AvgIpc) is 2.38. The van der Waals surface area contributed by atoms with E-state index in [4.69, 9.17) is 9.47 Å². The van der Waals surface area contributed by atoms with E-state index in [9.17, 15) is 4.79 Å². The minimum Gasteiger partial charge on any atom is -0.467 e. The van der Waals surface area contributed by atoms with Gasteiger partial charge >= 0.3 is 5.97 Å². The Morgan fingerprint density at radius 3 is 3.17 bits per heavy atom. The summed E-state index contributed by atoms with van der Waals surface area (Å²) < 4.78 is 10.1. The molecule has 1 aliphatic heterocycles. The first-order chi connectivity index (χ1) is 8.69. The third-order valence-corrected chi connectivity index (χ3v) is 2.95. The van der Waals surface area contributed by atoms with E-state index in [0.29, 0.717) is 13.2 Å². The third-order valence-electron chi connectivity index (χ3n) is 2.95. The summed E-state index contributed by atoms with van der Waals surface area (Å²) in [5, 5.41) is 0. The molecule has 1 unspecified atom stereocenters. The summed E-state index contributed by atoms with van der Waals surface area (Å²) in [4.78, 5) is 17.8. The summed E-state index contributed by atoms with van der Waals surface area (Å²) in [7, 11) is 1.38. The predicted octanol–water partition coefficient (Wildman–Crippen LogP) is 0.764. The highest BCUT2D eigenvalue weighted by Gasteiger charge is 2.27. The van der Waals surface area contributed by atoms with E-state index < -0.39 is 6.10 Å². The molecular weight excluding hydrogens is 232 g/mol. The van der Waals surface area contributed by atoms with Gasteiger partial charge in [-0.05, 0) is 18.1 Å². The second-order valence-corrected chi connectivity index (χ2v) is 4.49. The van der Waals surface area contributed by atoms with Gasteiger partial charge in [0.1, 0.15) is 0 Å². The first-order valence-electron chi connectivity index (χ1n) is 6.01. The summed E-state index contributed by atoms with van der Waals surface area (Å²) in [5.41, 5.74) is 2.30. The molecule has 2 heterocycles. The topological polar surface area (TPSA) is 51.7 Å². The van der Waals surface area contributed by atoms with E-state index in [1.807, 2.05) is 19.3 Å². The molecule has 0 aromatic carbocycles. The maximum Gasteiger partial charge on any atom is 0.336 e. The van der Waals surface area contributed by atoms with Crippen LogP contribution in [-0.4, -0.2) is 48.8 Å². The zero-order chi connectivity index (χ0) is 13.0. The number of morpholine rings is 1. The molecule has 1 fully saturated rings. The minimum absolute atomic E-state index is 0.304. The minimum atomic E-state index is -0.471. The molecule has 0 amide bonds. The molecule has 18 heavy (non-hydrogen) atoms. The molecule has 1 aromatic rings. The fourth-order valence-electron chi connectivity index (χ4n) is 2.08. The van der Waals surface area contributed by atoms with E-state index in [1.165, 1.54) is 7.11 Å². The lowest BCUT2D eigenvalue weighted by Gasteiger charge is -2.31. The number of hydrogen-bond donors (Lipinski definition) is 0. The molecule has 0 radical (unpaired) electrons. The number of nitrogens with zero attached hydrogens (tertiary/aromatic N) is 2. The highest BCUT2D eigenvalue weighted by Crippen LogP contribution is 2.11. The lowest BCUT2D eigenvalue weighted by Crippen LogP contribution is -2.46. The van der Waals surface area contributed by atoms with Crippen LogP contribution in [0.3, 0.4) is 0 Å². The van der Waals surface area contributed by atoms with Crippen molar-refractivity contribution in [3.05, 3.63) is 29.6 Å². The molecule has 5 heteroatoms. The fraction of sp³-hybridized carbons (Fsp3) is 0.538. The number of carbonyl (C=O) groups is 1. The van der Waals surface area contributed by atoms with Crippen molar-refractivity contribution < 1.29 is 14.3 Å². The van der Waals surface area contributed by atoms with Crippen molar-refractivity contribution in [2.75, 3.05) is 26.8 Å². The van der Waals surface area contributed by atoms with Crippen molar-refractivity contribution >= 4 is 5.97 Å². The molecule has 1 aliphatic rings. The standard InChI is InChI=1S/C13H18N2O3/c1-10-5-11(7-14-6-10)8-15-3-4-18-12(9-15)13(16)17-2/h5-7,12H,3-4,8-9H2,1-2H3. The van der Waals surface area contributed by atoms with Crippen LogP contribution in [0.4, 0.5) is 0 Å². The number of hydrogen-bond acceptors (Lipinski definition) is 5. The Labute approximate surface area is 107 Å². The van der Waals surface area contributed by atoms with Gasteiger partial charge in [-0.3, -0.25) is 9.88 Å². The fourth-order valence-corrected chi connectivity index (χ4v) is 2.08. The number of ether oxygens (including phenoxy) is 2. The largest absolute Gasteiger partial charge is 0.467 e. The molecule has 1 saturated heterocycles. The van der Waals surface area contributed by atoms with Crippen LogP contribution < -0.4 is 0 Å². The second-order valence-electron chi connectivity index (χ2n) is 4.49. The number of carbonyl (C=O) groups excluding carboxylic acids is 1. The van der Waals surface area contributed by atoms with Crippen LogP contribution >= 0.6 is 0 Å². The third kappa shape index (κ3) is 3.27. The van der Waals surface area contributed by atoms with Gasteiger partial charge < -0.3 is 9.47 Å². The number of esters is 1. The normalized spacial score (nSPS) is 20.7. The smallest absolute Gasteiger partial charge is 0.336 e. The number of pyridine rings is 1. The van der Waals surface area contributed by atoms with Gasteiger partial charge in [0.25, 0.3) is 0 Å². The van der Waals surface area contributed by atoms with Crippen molar-refractivity contribution in [3.63, 3.8) is 0 Å². The van der Waals surface area contributed by atoms with E-state index in [0.717, 1.165) is 24.2 Å². The van der Waals surface area contributed by atoms with Gasteiger partial charge in [0.2, 0.25) is 0 Å². The van der Waals surface area contributed by atoms with Crippen LogP contribution in [0.5, 0.6) is 0 Å². The van der Waals surface area contributed by atoms with Gasteiger partial charge in [-0.15, -0.1) is 0 Å². The molecular formula is C13H18N2O3. The molecule has 0 bridgehead atoms. The Bertz CT molecular complexity index is 422. The SMILES string of the molecule is COC(=O)C1CN(Cc2cncc(C)c2)CCO1. The average molecular weight is 250 g/mol. The van der Waals surface area contributed by atoms with Crippen LogP contribution in [0.15, 0.2) is 18.5 Å². The van der Waals surface area contributed by atoms with Crippen molar-refractivity contribution in [1.82, 2.24) is 9.88 Å². The maximum atomic E-state index is 11.4. The lowest BCUT2D eigenvalue weighted by atomic mass is 10.2. The lowest BCUT2D eigenvalue weighted by molar-refractivity contribution is -0.160. The van der Waals surface area contributed by atoms with E-state index in [-0.39, 0.29) is 5.97 Å². The Balaban J connectivity index is 1.95. The quantitative estimate of drug-likeness (QED) is 0.741. The van der Waals surface area contributed by atoms with Crippen LogP contribution in [0.1, 0.15) is 11.1 Å². The van der Waals surface area contributed by atoms with Gasteiger partial charge in [0, 0.05) is 32.0 Å². The van der Waals surface area contributed by atoms with Gasteiger partial charge in [-0.2, -0.15) is 0 Å². The number of aryl methyl sites for hydroxylation is 1. The molecule has 0 saturated carbocycles. The molecule has 0 spiro atoms.